The largest absolute Gasteiger partial charge is 0.0531 e. The molecule has 2 aromatic rings. The molecule has 0 radical (unpaired) electrons. The third kappa shape index (κ3) is 1.98. The Labute approximate surface area is 105 Å². The summed E-state index contributed by atoms with van der Waals surface area (Å²) < 4.78 is 2.61. The smallest absolute Gasteiger partial charge is 0.0139 e. The molecule has 0 amide bonds. The summed E-state index contributed by atoms with van der Waals surface area (Å²) in [5, 5.41) is 2.71. The Hall–Kier alpha value is 0.160. The first kappa shape index (κ1) is 9.71. The van der Waals surface area contributed by atoms with E-state index in [1.54, 1.807) is 0 Å². The topological polar surface area (TPSA) is 0 Å². The number of hydrogen-bond donors (Lipinski definition) is 0. The van der Waals surface area contributed by atoms with Crippen LogP contribution in [0.2, 0.25) is 0 Å². The fourth-order valence-electron chi connectivity index (χ4n) is 1.49. The monoisotopic (exact) mass is 394 g/mol. The van der Waals surface area contributed by atoms with Crippen LogP contribution in [0.25, 0.3) is 10.8 Å². The molecule has 0 spiro atoms. The molecule has 0 fully saturated rings. The molecule has 13 heavy (non-hydrogen) atoms. The Kier molecular flexibility index (Phi) is 2.78. The Morgan fingerprint density at radius 3 is 2.38 bits per heavy atom. The van der Waals surface area contributed by atoms with E-state index < -0.39 is 0 Å². The number of rotatable bonds is 0. The third-order valence-corrected chi connectivity index (χ3v) is 3.38. The summed E-state index contributed by atoms with van der Waals surface area (Å²) in [6.45, 7) is 2.16. The van der Waals surface area contributed by atoms with E-state index >= 15 is 0 Å². The summed E-state index contributed by atoms with van der Waals surface area (Å²) >= 11 is 4.71. The summed E-state index contributed by atoms with van der Waals surface area (Å²) in [5.41, 5.74) is 1.36. The molecule has 0 saturated heterocycles. The molecule has 0 aliphatic carbocycles. The molecule has 0 N–H and O–H groups in total. The lowest BCUT2D eigenvalue weighted by Crippen LogP contribution is -1.81. The van der Waals surface area contributed by atoms with Crippen LogP contribution < -0.4 is 0 Å². The van der Waals surface area contributed by atoms with E-state index in [0.717, 1.165) is 0 Å². The highest BCUT2D eigenvalue weighted by atomic mass is 127. The van der Waals surface area contributed by atoms with Gasteiger partial charge >= 0.3 is 0 Å². The minimum Gasteiger partial charge on any atom is -0.0531 e. The van der Waals surface area contributed by atoms with Gasteiger partial charge in [-0.3, -0.25) is 0 Å². The van der Waals surface area contributed by atoms with Gasteiger partial charge in [-0.15, -0.1) is 0 Å². The van der Waals surface area contributed by atoms with Gasteiger partial charge in [-0.25, -0.2) is 0 Å². The van der Waals surface area contributed by atoms with Gasteiger partial charge in [-0.2, -0.15) is 0 Å². The van der Waals surface area contributed by atoms with Crippen molar-refractivity contribution in [3.8, 4) is 0 Å². The van der Waals surface area contributed by atoms with Gasteiger partial charge in [0.15, 0.2) is 0 Å². The van der Waals surface area contributed by atoms with Crippen molar-refractivity contribution in [3.63, 3.8) is 0 Å². The zero-order valence-corrected chi connectivity index (χ0v) is 11.5. The second-order valence-corrected chi connectivity index (χ2v) is 5.58. The molecule has 0 nitrogen and oxygen atoms in total. The van der Waals surface area contributed by atoms with Crippen LogP contribution in [0, 0.1) is 14.1 Å². The van der Waals surface area contributed by atoms with Crippen LogP contribution in [-0.4, -0.2) is 0 Å². The molecule has 0 heterocycles. The van der Waals surface area contributed by atoms with Crippen molar-refractivity contribution in [2.24, 2.45) is 0 Å². The predicted octanol–water partition coefficient (Wildman–Crippen LogP) is 4.36. The average Bonchev–Trinajstić information content (AvgIpc) is 2.02. The summed E-state index contributed by atoms with van der Waals surface area (Å²) in [4.78, 5) is 0. The first-order valence-corrected chi connectivity index (χ1v) is 6.18. The molecule has 0 atom stereocenters. The average molecular weight is 394 g/mol. The molecule has 0 unspecified atom stereocenters. The second-order valence-electron chi connectivity index (χ2n) is 3.09. The Morgan fingerprint density at radius 2 is 1.62 bits per heavy atom. The molecule has 0 bridgehead atoms. The van der Waals surface area contributed by atoms with Crippen molar-refractivity contribution < 1.29 is 0 Å². The molecule has 66 valence electrons. The van der Waals surface area contributed by atoms with Crippen molar-refractivity contribution in [2.75, 3.05) is 0 Å². The van der Waals surface area contributed by atoms with Gasteiger partial charge in [0.25, 0.3) is 0 Å². The van der Waals surface area contributed by atoms with Crippen LogP contribution in [0.4, 0.5) is 0 Å². The van der Waals surface area contributed by atoms with E-state index in [1.807, 2.05) is 0 Å². The van der Waals surface area contributed by atoms with Crippen LogP contribution in [-0.2, 0) is 0 Å². The summed E-state index contributed by atoms with van der Waals surface area (Å²) in [5.74, 6) is 0. The summed E-state index contributed by atoms with van der Waals surface area (Å²) in [7, 11) is 0. The lowest BCUT2D eigenvalue weighted by atomic mass is 10.1. The minimum absolute atomic E-state index is 1.30. The third-order valence-electron chi connectivity index (χ3n) is 2.09. The summed E-state index contributed by atoms with van der Waals surface area (Å²) in [6.07, 6.45) is 0. The number of aryl methyl sites for hydroxylation is 1. The lowest BCUT2D eigenvalue weighted by Gasteiger charge is -2.03. The minimum atomic E-state index is 1.30. The maximum atomic E-state index is 2.36. The van der Waals surface area contributed by atoms with E-state index in [9.17, 15) is 0 Å². The van der Waals surface area contributed by atoms with Crippen molar-refractivity contribution in [2.45, 2.75) is 6.92 Å². The Morgan fingerprint density at radius 1 is 0.923 bits per heavy atom. The normalized spacial score (nSPS) is 10.7. The second kappa shape index (κ2) is 3.73. The fourth-order valence-corrected chi connectivity index (χ4v) is 2.80. The van der Waals surface area contributed by atoms with Crippen LogP contribution in [0.5, 0.6) is 0 Å². The van der Waals surface area contributed by atoms with Crippen molar-refractivity contribution >= 4 is 56.0 Å². The first-order chi connectivity index (χ1) is 6.16. The molecule has 2 heteroatoms. The van der Waals surface area contributed by atoms with Crippen LogP contribution in [0.15, 0.2) is 30.3 Å². The highest BCUT2D eigenvalue weighted by Crippen LogP contribution is 2.23. The van der Waals surface area contributed by atoms with Crippen molar-refractivity contribution in [1.82, 2.24) is 0 Å². The van der Waals surface area contributed by atoms with E-state index in [1.165, 1.54) is 23.5 Å². The highest BCUT2D eigenvalue weighted by Gasteiger charge is 1.99. The first-order valence-electron chi connectivity index (χ1n) is 4.02. The van der Waals surface area contributed by atoms with Crippen LogP contribution in [0.1, 0.15) is 5.56 Å². The highest BCUT2D eigenvalue weighted by molar-refractivity contribution is 14.1. The maximum absolute atomic E-state index is 2.36. The van der Waals surface area contributed by atoms with Gasteiger partial charge in [-0.05, 0) is 92.7 Å². The molecule has 0 aliphatic rings. The van der Waals surface area contributed by atoms with Gasteiger partial charge in [-0.1, -0.05) is 6.07 Å². The van der Waals surface area contributed by atoms with E-state index in [-0.39, 0.29) is 0 Å². The SMILES string of the molecule is Cc1cc(I)cc2cc(I)ccc12. The maximum Gasteiger partial charge on any atom is 0.0139 e. The number of fused-ring (bicyclic) bond motifs is 1. The zero-order chi connectivity index (χ0) is 9.42. The molecular weight excluding hydrogens is 386 g/mol. The van der Waals surface area contributed by atoms with Crippen LogP contribution in [0.3, 0.4) is 0 Å². The molecule has 0 aliphatic heterocycles. The Bertz CT molecular complexity index is 456. The van der Waals surface area contributed by atoms with Gasteiger partial charge in [0.05, 0.1) is 0 Å². The quantitative estimate of drug-likeness (QED) is 0.583. The standard InChI is InChI=1S/C11H8I2/c1-7-4-10(13)6-8-5-9(12)2-3-11(7)8/h2-6H,1H3. The van der Waals surface area contributed by atoms with E-state index in [0.29, 0.717) is 0 Å². The van der Waals surface area contributed by atoms with Gasteiger partial charge in [0.1, 0.15) is 0 Å². The molecule has 0 aromatic heterocycles. The lowest BCUT2D eigenvalue weighted by molar-refractivity contribution is 1.50. The molecular formula is C11H8I2. The molecule has 2 rings (SSSR count). The predicted molar refractivity (Wildman–Crippen MR) is 74.1 cm³/mol. The van der Waals surface area contributed by atoms with E-state index in [2.05, 4.69) is 82.4 Å². The van der Waals surface area contributed by atoms with Gasteiger partial charge in [0.2, 0.25) is 0 Å². The van der Waals surface area contributed by atoms with Crippen molar-refractivity contribution in [1.29, 1.82) is 0 Å². The Balaban J connectivity index is 2.86. The van der Waals surface area contributed by atoms with Crippen molar-refractivity contribution in [3.05, 3.63) is 43.0 Å². The molecule has 2 aromatic carbocycles. The van der Waals surface area contributed by atoms with E-state index in [4.69, 9.17) is 0 Å². The van der Waals surface area contributed by atoms with Gasteiger partial charge < -0.3 is 0 Å². The van der Waals surface area contributed by atoms with Gasteiger partial charge in [0, 0.05) is 7.14 Å². The summed E-state index contributed by atoms with van der Waals surface area (Å²) in [6, 6.07) is 11.0. The number of halogens is 2. The van der Waals surface area contributed by atoms with Crippen LogP contribution >= 0.6 is 45.2 Å². The zero-order valence-electron chi connectivity index (χ0n) is 7.14. The number of benzene rings is 2. The molecule has 0 saturated carbocycles. The number of hydrogen-bond acceptors (Lipinski definition) is 0. The fraction of sp³-hybridized carbons (Fsp3) is 0.0909.